The highest BCUT2D eigenvalue weighted by Crippen LogP contribution is 2.20. The van der Waals surface area contributed by atoms with Gasteiger partial charge in [0.1, 0.15) is 11.5 Å². The van der Waals surface area contributed by atoms with Crippen molar-refractivity contribution in [2.45, 2.75) is 13.0 Å². The topological polar surface area (TPSA) is 94.1 Å². The molecule has 1 aliphatic rings. The molecule has 1 aliphatic heterocycles. The molecule has 1 fully saturated rings. The molecule has 3 aromatic heterocycles. The van der Waals surface area contributed by atoms with E-state index in [2.05, 4.69) is 29.7 Å². The van der Waals surface area contributed by atoms with E-state index in [1.54, 1.807) is 0 Å². The Hall–Kier alpha value is -2.71. The second-order valence-electron chi connectivity index (χ2n) is 6.25. The summed E-state index contributed by atoms with van der Waals surface area (Å²) in [6, 6.07) is 6.03. The molecule has 0 spiro atoms. The van der Waals surface area contributed by atoms with Gasteiger partial charge in [-0.25, -0.2) is 9.97 Å². The zero-order chi connectivity index (χ0) is 17.8. The Morgan fingerprint density at radius 1 is 1.12 bits per heavy atom. The van der Waals surface area contributed by atoms with Crippen LogP contribution in [0.3, 0.4) is 0 Å². The maximum absolute atomic E-state index is 5.61. The third-order valence-corrected chi connectivity index (χ3v) is 4.44. The molecule has 0 aliphatic carbocycles. The summed E-state index contributed by atoms with van der Waals surface area (Å²) < 4.78 is 7.49. The Bertz CT molecular complexity index is 856. The first-order valence-electron chi connectivity index (χ1n) is 8.91. The number of hydrogen-bond acceptors (Lipinski definition) is 7. The van der Waals surface area contributed by atoms with Gasteiger partial charge in [-0.05, 0) is 31.2 Å². The van der Waals surface area contributed by atoms with Gasteiger partial charge in [0.05, 0.1) is 25.1 Å². The lowest BCUT2D eigenvalue weighted by molar-refractivity contribution is 0.122. The van der Waals surface area contributed by atoms with E-state index in [4.69, 9.17) is 10.5 Å². The second kappa shape index (κ2) is 7.67. The molecule has 136 valence electrons. The van der Waals surface area contributed by atoms with Crippen LogP contribution in [0.25, 0.3) is 11.0 Å². The normalized spacial score (nSPS) is 14.7. The lowest BCUT2D eigenvalue weighted by Gasteiger charge is -2.27. The number of aryl methyl sites for hydroxylation is 1. The fourth-order valence-electron chi connectivity index (χ4n) is 3.04. The van der Waals surface area contributed by atoms with E-state index < -0.39 is 0 Å². The summed E-state index contributed by atoms with van der Waals surface area (Å²) in [5.74, 6) is 1.53. The number of fused-ring (bicyclic) bond motifs is 1. The zero-order valence-electron chi connectivity index (χ0n) is 14.6. The van der Waals surface area contributed by atoms with Gasteiger partial charge in [0.25, 0.3) is 0 Å². The molecule has 3 N–H and O–H groups in total. The minimum atomic E-state index is 0.561. The summed E-state index contributed by atoms with van der Waals surface area (Å²) in [4.78, 5) is 15.8. The predicted octanol–water partition coefficient (Wildman–Crippen LogP) is 1.76. The summed E-state index contributed by atoms with van der Waals surface area (Å²) >= 11 is 0. The van der Waals surface area contributed by atoms with Gasteiger partial charge in [-0.15, -0.1) is 0 Å². The van der Waals surface area contributed by atoms with Crippen LogP contribution >= 0.6 is 0 Å². The quantitative estimate of drug-likeness (QED) is 0.697. The molecule has 0 saturated carbocycles. The van der Waals surface area contributed by atoms with Gasteiger partial charge in [-0.3, -0.25) is 0 Å². The molecule has 8 heteroatoms. The summed E-state index contributed by atoms with van der Waals surface area (Å²) in [5.41, 5.74) is 7.38. The maximum atomic E-state index is 5.61. The Kier molecular flexibility index (Phi) is 4.94. The number of hydrogen-bond donors (Lipinski definition) is 2. The highest BCUT2D eigenvalue weighted by Gasteiger charge is 2.12. The highest BCUT2D eigenvalue weighted by molar-refractivity contribution is 5.76. The second-order valence-corrected chi connectivity index (χ2v) is 6.25. The fourth-order valence-corrected chi connectivity index (χ4v) is 3.04. The van der Waals surface area contributed by atoms with Gasteiger partial charge < -0.3 is 25.3 Å². The first-order valence-corrected chi connectivity index (χ1v) is 8.91. The monoisotopic (exact) mass is 353 g/mol. The molecule has 0 bridgehead atoms. The van der Waals surface area contributed by atoms with E-state index in [1.165, 1.54) is 0 Å². The molecular formula is C18H23N7O. The average Bonchev–Trinajstić information content (AvgIpc) is 3.10. The van der Waals surface area contributed by atoms with E-state index in [0.29, 0.717) is 12.5 Å². The van der Waals surface area contributed by atoms with Crippen LogP contribution in [0.15, 0.2) is 36.8 Å². The molecule has 8 nitrogen and oxygen atoms in total. The van der Waals surface area contributed by atoms with Crippen LogP contribution in [0.5, 0.6) is 0 Å². The fraction of sp³-hybridized carbons (Fsp3) is 0.389. The van der Waals surface area contributed by atoms with Crippen molar-refractivity contribution in [3.63, 3.8) is 0 Å². The third-order valence-electron chi connectivity index (χ3n) is 4.44. The molecule has 0 amide bonds. The van der Waals surface area contributed by atoms with Crippen molar-refractivity contribution in [1.82, 2.24) is 19.5 Å². The molecule has 0 atom stereocenters. The zero-order valence-corrected chi connectivity index (χ0v) is 14.6. The number of anilines is 3. The number of nitrogens with one attached hydrogen (secondary N) is 1. The number of nitrogens with two attached hydrogens (primary N) is 1. The highest BCUT2D eigenvalue weighted by atomic mass is 16.5. The van der Waals surface area contributed by atoms with Crippen LogP contribution in [-0.4, -0.2) is 52.4 Å². The Balaban J connectivity index is 1.49. The summed E-state index contributed by atoms with van der Waals surface area (Å²) in [6.07, 6.45) is 6.59. The molecule has 4 rings (SSSR count). The van der Waals surface area contributed by atoms with Crippen LogP contribution in [0, 0.1) is 0 Å². The molecule has 0 unspecified atom stereocenters. The SMILES string of the molecule is NCCCn1ccc2cnc(Nc3ccc(N4CCOCC4)nc3)nc21. The van der Waals surface area contributed by atoms with Crippen molar-refractivity contribution in [1.29, 1.82) is 0 Å². The van der Waals surface area contributed by atoms with E-state index >= 15 is 0 Å². The number of aromatic nitrogens is 4. The molecule has 0 radical (unpaired) electrons. The Morgan fingerprint density at radius 3 is 2.77 bits per heavy atom. The molecule has 4 heterocycles. The first kappa shape index (κ1) is 16.7. The number of nitrogens with zero attached hydrogens (tertiary/aromatic N) is 5. The van der Waals surface area contributed by atoms with Gasteiger partial charge in [0.2, 0.25) is 5.95 Å². The van der Waals surface area contributed by atoms with Crippen LogP contribution in [0.1, 0.15) is 6.42 Å². The van der Waals surface area contributed by atoms with Crippen molar-refractivity contribution in [3.05, 3.63) is 36.8 Å². The van der Waals surface area contributed by atoms with Crippen LogP contribution in [-0.2, 0) is 11.3 Å². The molecule has 26 heavy (non-hydrogen) atoms. The summed E-state index contributed by atoms with van der Waals surface area (Å²) in [7, 11) is 0. The van der Waals surface area contributed by atoms with Crippen molar-refractivity contribution in [2.24, 2.45) is 5.73 Å². The first-order chi connectivity index (χ1) is 12.8. The minimum Gasteiger partial charge on any atom is -0.378 e. The van der Waals surface area contributed by atoms with Gasteiger partial charge in [0.15, 0.2) is 0 Å². The summed E-state index contributed by atoms with van der Waals surface area (Å²) in [5, 5.41) is 4.25. The molecular weight excluding hydrogens is 330 g/mol. The lowest BCUT2D eigenvalue weighted by atomic mass is 10.3. The van der Waals surface area contributed by atoms with Crippen LogP contribution in [0.2, 0.25) is 0 Å². The van der Waals surface area contributed by atoms with Crippen LogP contribution < -0.4 is 16.0 Å². The Labute approximate surface area is 152 Å². The van der Waals surface area contributed by atoms with Gasteiger partial charge in [-0.1, -0.05) is 0 Å². The lowest BCUT2D eigenvalue weighted by Crippen LogP contribution is -2.36. The van der Waals surface area contributed by atoms with E-state index in [9.17, 15) is 0 Å². The smallest absolute Gasteiger partial charge is 0.229 e. The van der Waals surface area contributed by atoms with Gasteiger partial charge in [0, 0.05) is 37.4 Å². The standard InChI is InChI=1S/C18H23N7O/c19-5-1-6-25-7-4-14-12-21-18(23-17(14)25)22-15-2-3-16(20-13-15)24-8-10-26-11-9-24/h2-4,7,12-13H,1,5-6,8-11,19H2,(H,21,22,23). The number of morpholine rings is 1. The van der Waals surface area contributed by atoms with Gasteiger partial charge in [-0.2, -0.15) is 4.98 Å². The largest absolute Gasteiger partial charge is 0.378 e. The van der Waals surface area contributed by atoms with Crippen molar-refractivity contribution in [2.75, 3.05) is 43.1 Å². The molecule has 0 aromatic carbocycles. The summed E-state index contributed by atoms with van der Waals surface area (Å²) in [6.45, 7) is 4.76. The number of rotatable bonds is 6. The minimum absolute atomic E-state index is 0.561. The number of ether oxygens (including phenoxy) is 1. The Morgan fingerprint density at radius 2 is 2.00 bits per heavy atom. The van der Waals surface area contributed by atoms with Crippen molar-refractivity contribution >= 4 is 28.5 Å². The van der Waals surface area contributed by atoms with Gasteiger partial charge >= 0.3 is 0 Å². The van der Waals surface area contributed by atoms with E-state index in [0.717, 1.165) is 61.8 Å². The third kappa shape index (κ3) is 3.61. The van der Waals surface area contributed by atoms with Crippen LogP contribution in [0.4, 0.5) is 17.5 Å². The predicted molar refractivity (Wildman–Crippen MR) is 102 cm³/mol. The van der Waals surface area contributed by atoms with E-state index in [-0.39, 0.29) is 0 Å². The van der Waals surface area contributed by atoms with Crippen molar-refractivity contribution < 1.29 is 4.74 Å². The van der Waals surface area contributed by atoms with E-state index in [1.807, 2.05) is 36.8 Å². The molecule has 3 aromatic rings. The molecule has 1 saturated heterocycles. The van der Waals surface area contributed by atoms with Crippen molar-refractivity contribution in [3.8, 4) is 0 Å². The average molecular weight is 353 g/mol. The number of pyridine rings is 1. The maximum Gasteiger partial charge on any atom is 0.229 e.